The molecule has 0 saturated carbocycles. The Morgan fingerprint density at radius 1 is 1.00 bits per heavy atom. The van der Waals surface area contributed by atoms with Crippen LogP contribution in [0.3, 0.4) is 0 Å². The van der Waals surface area contributed by atoms with E-state index in [1.54, 1.807) is 11.8 Å². The van der Waals surface area contributed by atoms with Crippen LogP contribution < -0.4 is 15.4 Å². The maximum absolute atomic E-state index is 12.8. The predicted octanol–water partition coefficient (Wildman–Crippen LogP) is 3.00. The lowest BCUT2D eigenvalue weighted by atomic mass is 10.1. The van der Waals surface area contributed by atoms with Gasteiger partial charge in [-0.3, -0.25) is 9.59 Å². The van der Waals surface area contributed by atoms with Gasteiger partial charge in [0.1, 0.15) is 22.8 Å². The van der Waals surface area contributed by atoms with E-state index in [9.17, 15) is 9.59 Å². The fourth-order valence-corrected chi connectivity index (χ4v) is 4.75. The maximum atomic E-state index is 12.8. The Kier molecular flexibility index (Phi) is 8.01. The summed E-state index contributed by atoms with van der Waals surface area (Å²) in [7, 11) is 0. The molecule has 2 aliphatic rings. The molecular weight excluding hydrogens is 422 g/mol. The molecule has 2 aromatic carbocycles. The molecule has 0 bridgehead atoms. The first-order valence-corrected chi connectivity index (χ1v) is 11.0. The van der Waals surface area contributed by atoms with Gasteiger partial charge in [-0.25, -0.2) is 0 Å². The zero-order valence-electron chi connectivity index (χ0n) is 16.6. The van der Waals surface area contributed by atoms with E-state index in [1.165, 1.54) is 0 Å². The highest BCUT2D eigenvalue weighted by molar-refractivity contribution is 8.00. The van der Waals surface area contributed by atoms with Gasteiger partial charge in [-0.15, -0.1) is 24.2 Å². The van der Waals surface area contributed by atoms with Crippen LogP contribution in [0.2, 0.25) is 0 Å². The molecule has 0 radical (unpaired) electrons. The minimum atomic E-state index is -0.432. The number of carbonyl (C=O) groups excluding carboxylic acids is 2. The van der Waals surface area contributed by atoms with Gasteiger partial charge in [-0.05, 0) is 42.0 Å². The molecule has 2 atom stereocenters. The number of amides is 2. The van der Waals surface area contributed by atoms with Gasteiger partial charge in [0.15, 0.2) is 0 Å². The summed E-state index contributed by atoms with van der Waals surface area (Å²) in [6.45, 7) is 3.01. The number of hydrogen-bond donors (Lipinski definition) is 2. The number of nitrogens with one attached hydrogen (secondary N) is 2. The number of nitrogens with zero attached hydrogens (tertiary/aromatic N) is 1. The van der Waals surface area contributed by atoms with Crippen molar-refractivity contribution >= 4 is 36.0 Å². The van der Waals surface area contributed by atoms with Crippen LogP contribution in [-0.2, 0) is 9.59 Å². The van der Waals surface area contributed by atoms with E-state index in [0.29, 0.717) is 19.5 Å². The largest absolute Gasteiger partial charge is 0.457 e. The van der Waals surface area contributed by atoms with Gasteiger partial charge >= 0.3 is 0 Å². The van der Waals surface area contributed by atoms with Gasteiger partial charge in [0.2, 0.25) is 11.8 Å². The topological polar surface area (TPSA) is 70.7 Å². The number of piperazine rings is 1. The van der Waals surface area contributed by atoms with E-state index in [4.69, 9.17) is 4.74 Å². The summed E-state index contributed by atoms with van der Waals surface area (Å²) in [4.78, 5) is 27.5. The van der Waals surface area contributed by atoms with Crippen LogP contribution in [0.25, 0.3) is 0 Å². The first-order valence-electron chi connectivity index (χ1n) is 9.95. The number of benzene rings is 2. The molecule has 0 aromatic heterocycles. The van der Waals surface area contributed by atoms with Crippen LogP contribution in [0.4, 0.5) is 0 Å². The fourth-order valence-electron chi connectivity index (χ4n) is 3.57. The van der Waals surface area contributed by atoms with Crippen LogP contribution in [-0.4, -0.2) is 54.7 Å². The maximum Gasteiger partial charge on any atom is 0.245 e. The number of rotatable bonds is 4. The Morgan fingerprint density at radius 3 is 2.37 bits per heavy atom. The van der Waals surface area contributed by atoms with E-state index >= 15 is 0 Å². The summed E-state index contributed by atoms with van der Waals surface area (Å²) >= 11 is 1.59. The molecule has 2 amide bonds. The van der Waals surface area contributed by atoms with E-state index in [2.05, 4.69) is 10.6 Å². The molecule has 2 fully saturated rings. The zero-order valence-corrected chi connectivity index (χ0v) is 18.2. The van der Waals surface area contributed by atoms with Gasteiger partial charge in [-0.1, -0.05) is 30.3 Å². The van der Waals surface area contributed by atoms with Gasteiger partial charge < -0.3 is 20.3 Å². The number of ether oxygens (including phenoxy) is 1. The quantitative estimate of drug-likeness (QED) is 0.754. The van der Waals surface area contributed by atoms with Crippen molar-refractivity contribution in [3.8, 4) is 11.5 Å². The van der Waals surface area contributed by atoms with Crippen LogP contribution in [0.15, 0.2) is 54.6 Å². The molecule has 0 unspecified atom stereocenters. The summed E-state index contributed by atoms with van der Waals surface area (Å²) in [6, 6.07) is 16.8. The Bertz CT molecular complexity index is 844. The third-order valence-electron chi connectivity index (χ3n) is 5.13. The van der Waals surface area contributed by atoms with Crippen LogP contribution >= 0.6 is 24.2 Å². The number of carbonyl (C=O) groups is 2. The highest BCUT2D eigenvalue weighted by atomic mass is 35.5. The molecule has 30 heavy (non-hydrogen) atoms. The highest BCUT2D eigenvalue weighted by Gasteiger charge is 2.33. The molecule has 2 aliphatic heterocycles. The predicted molar refractivity (Wildman–Crippen MR) is 121 cm³/mol. The smallest absolute Gasteiger partial charge is 0.245 e. The van der Waals surface area contributed by atoms with Crippen molar-refractivity contribution in [3.63, 3.8) is 0 Å². The molecule has 8 heteroatoms. The lowest BCUT2D eigenvalue weighted by molar-refractivity contribution is -0.136. The first-order chi connectivity index (χ1) is 14.2. The molecule has 0 spiro atoms. The molecule has 4 rings (SSSR count). The summed E-state index contributed by atoms with van der Waals surface area (Å²) in [5.41, 5.74) is 0.920. The molecule has 2 N–H and O–H groups in total. The number of hydrogen-bond acceptors (Lipinski definition) is 5. The Hall–Kier alpha value is -2.22. The Morgan fingerprint density at radius 2 is 1.67 bits per heavy atom. The molecule has 6 nitrogen and oxygen atoms in total. The average molecular weight is 448 g/mol. The summed E-state index contributed by atoms with van der Waals surface area (Å²) in [5, 5.41) is 5.90. The minimum Gasteiger partial charge on any atom is -0.457 e. The lowest BCUT2D eigenvalue weighted by Crippen LogP contribution is -2.54. The molecule has 2 aromatic rings. The second-order valence-corrected chi connectivity index (χ2v) is 8.37. The van der Waals surface area contributed by atoms with Crippen molar-refractivity contribution in [3.05, 3.63) is 60.2 Å². The summed E-state index contributed by atoms with van der Waals surface area (Å²) in [5.74, 6) is 2.20. The highest BCUT2D eigenvalue weighted by Crippen LogP contribution is 2.34. The molecular formula is C22H26ClN3O3S. The van der Waals surface area contributed by atoms with E-state index in [0.717, 1.165) is 35.9 Å². The van der Waals surface area contributed by atoms with Gasteiger partial charge in [-0.2, -0.15) is 0 Å². The third-order valence-corrected chi connectivity index (χ3v) is 6.43. The second-order valence-electron chi connectivity index (χ2n) is 7.16. The third kappa shape index (κ3) is 5.47. The minimum absolute atomic E-state index is 0. The first kappa shape index (κ1) is 22.5. The summed E-state index contributed by atoms with van der Waals surface area (Å²) < 4.78 is 5.83. The van der Waals surface area contributed by atoms with E-state index < -0.39 is 6.04 Å². The summed E-state index contributed by atoms with van der Waals surface area (Å²) in [6.07, 6.45) is 0.658. The monoisotopic (exact) mass is 447 g/mol. The Labute approximate surface area is 187 Å². The van der Waals surface area contributed by atoms with Crippen molar-refractivity contribution in [2.75, 3.05) is 31.9 Å². The van der Waals surface area contributed by atoms with Crippen LogP contribution in [0.1, 0.15) is 17.2 Å². The fraction of sp³-hybridized carbons (Fsp3) is 0.364. The molecule has 2 saturated heterocycles. The standard InChI is InChI=1S/C22H25N3O3S.ClH/c26-21-20(16-6-8-18(9-7-16)28-17-4-2-1-3-5-17)29-15-10-19(24-21)22(27)25-13-11-23-12-14-25;/h1-9,19-20,23H,10-15H2,(H,24,26);1H/t19-,20+;/m0./s1. The second kappa shape index (κ2) is 10.7. The van der Waals surface area contributed by atoms with Crippen molar-refractivity contribution in [1.29, 1.82) is 0 Å². The lowest BCUT2D eigenvalue weighted by Gasteiger charge is -2.30. The van der Waals surface area contributed by atoms with Crippen LogP contribution in [0, 0.1) is 0 Å². The van der Waals surface area contributed by atoms with Crippen molar-refractivity contribution < 1.29 is 14.3 Å². The SMILES string of the molecule is Cl.O=C1N[C@H](C(=O)N2CCNCC2)CCS[C@@H]1c1ccc(Oc2ccccc2)cc1. The molecule has 160 valence electrons. The normalized spacial score (nSPS) is 21.7. The van der Waals surface area contributed by atoms with Crippen molar-refractivity contribution in [1.82, 2.24) is 15.5 Å². The molecule has 2 heterocycles. The number of thioether (sulfide) groups is 1. The van der Waals surface area contributed by atoms with Crippen molar-refractivity contribution in [2.45, 2.75) is 17.7 Å². The van der Waals surface area contributed by atoms with Gasteiger partial charge in [0, 0.05) is 26.2 Å². The number of halogens is 1. The van der Waals surface area contributed by atoms with E-state index in [1.807, 2.05) is 59.5 Å². The average Bonchev–Trinajstić information content (AvgIpc) is 2.97. The van der Waals surface area contributed by atoms with Crippen molar-refractivity contribution in [2.24, 2.45) is 0 Å². The van der Waals surface area contributed by atoms with Gasteiger partial charge in [0.05, 0.1) is 0 Å². The van der Waals surface area contributed by atoms with Gasteiger partial charge in [0.25, 0.3) is 0 Å². The van der Waals surface area contributed by atoms with Crippen LogP contribution in [0.5, 0.6) is 11.5 Å². The zero-order chi connectivity index (χ0) is 20.1. The number of para-hydroxylation sites is 1. The molecule has 0 aliphatic carbocycles. The Balaban J connectivity index is 0.00000256. The van der Waals surface area contributed by atoms with E-state index in [-0.39, 0.29) is 29.5 Å².